The molecule has 0 aromatic carbocycles. The minimum Gasteiger partial charge on any atom is -0.390 e. The number of ketones is 2. The number of amides is 1. The molecule has 2 heterocycles. The number of hydrogen-bond donors (Lipinski definition) is 3. The summed E-state index contributed by atoms with van der Waals surface area (Å²) in [5.41, 5.74) is 1.60. The van der Waals surface area contributed by atoms with E-state index in [9.17, 15) is 29.7 Å². The van der Waals surface area contributed by atoms with Crippen LogP contribution in [0.1, 0.15) is 33.6 Å². The zero-order valence-electron chi connectivity index (χ0n) is 20.4. The standard InChI is InChI=1S/C28H35NO6/c1-19-9-4-6-13-24(31)28(35)25(32)14-7-5-10-20(2)15-16-22(30)17-26(33)29-18-21(3)27(34)23(29)12-8-11-19/h4-13,15-16,21,23,25,27-28,32,34-35H,14,17-18H2,1-3H3/t21-,23+,25+,27-,28-/m1/s1. The molecule has 7 nitrogen and oxygen atoms in total. The van der Waals surface area contributed by atoms with Crippen molar-refractivity contribution in [3.8, 4) is 0 Å². The highest BCUT2D eigenvalue weighted by atomic mass is 16.3. The Hall–Kier alpha value is -3.13. The number of aliphatic hydroxyl groups excluding tert-OH is 3. The fourth-order valence-corrected chi connectivity index (χ4v) is 3.73. The normalized spacial score (nSPS) is 29.8. The van der Waals surface area contributed by atoms with E-state index in [-0.39, 0.29) is 30.4 Å². The largest absolute Gasteiger partial charge is 0.390 e. The number of fused-ring (bicyclic) bond motifs is 1. The lowest BCUT2D eigenvalue weighted by atomic mass is 10.0. The second kappa shape index (κ2) is 13.7. The van der Waals surface area contributed by atoms with Gasteiger partial charge in [-0.15, -0.1) is 0 Å². The van der Waals surface area contributed by atoms with Crippen molar-refractivity contribution < 1.29 is 29.7 Å². The Morgan fingerprint density at radius 3 is 2.26 bits per heavy atom. The van der Waals surface area contributed by atoms with Crippen molar-refractivity contribution in [2.24, 2.45) is 5.92 Å². The van der Waals surface area contributed by atoms with Gasteiger partial charge >= 0.3 is 0 Å². The summed E-state index contributed by atoms with van der Waals surface area (Å²) in [5.74, 6) is -1.39. The van der Waals surface area contributed by atoms with Crippen molar-refractivity contribution in [3.63, 3.8) is 0 Å². The van der Waals surface area contributed by atoms with Crippen LogP contribution in [-0.2, 0) is 14.4 Å². The van der Waals surface area contributed by atoms with Crippen LogP contribution in [0.5, 0.6) is 0 Å². The number of carbonyl (C=O) groups excluding carboxylic acids is 3. The summed E-state index contributed by atoms with van der Waals surface area (Å²) in [4.78, 5) is 38.8. The highest BCUT2D eigenvalue weighted by molar-refractivity contribution is 6.04. The average Bonchev–Trinajstić information content (AvgIpc) is 3.10. The maximum atomic E-state index is 12.8. The van der Waals surface area contributed by atoms with Crippen LogP contribution >= 0.6 is 0 Å². The molecule has 0 spiro atoms. The highest BCUT2D eigenvalue weighted by Crippen LogP contribution is 2.25. The smallest absolute Gasteiger partial charge is 0.230 e. The van der Waals surface area contributed by atoms with E-state index >= 15 is 0 Å². The molecule has 188 valence electrons. The maximum Gasteiger partial charge on any atom is 0.230 e. The van der Waals surface area contributed by atoms with Crippen molar-refractivity contribution in [1.29, 1.82) is 0 Å². The molecular formula is C28H35NO6. The van der Waals surface area contributed by atoms with Crippen LogP contribution in [0.15, 0.2) is 84.1 Å². The Labute approximate surface area is 206 Å². The molecule has 5 atom stereocenters. The van der Waals surface area contributed by atoms with Gasteiger partial charge in [0.25, 0.3) is 0 Å². The number of aliphatic hydroxyl groups is 3. The average molecular weight is 482 g/mol. The van der Waals surface area contributed by atoms with Crippen LogP contribution in [0.2, 0.25) is 0 Å². The van der Waals surface area contributed by atoms with Gasteiger partial charge in [-0.05, 0) is 32.4 Å². The molecule has 35 heavy (non-hydrogen) atoms. The topological polar surface area (TPSA) is 115 Å². The van der Waals surface area contributed by atoms with Gasteiger partial charge in [0.15, 0.2) is 11.6 Å². The molecule has 0 radical (unpaired) electrons. The first-order valence-electron chi connectivity index (χ1n) is 11.7. The van der Waals surface area contributed by atoms with Crippen molar-refractivity contribution in [2.75, 3.05) is 6.54 Å². The van der Waals surface area contributed by atoms with Crippen LogP contribution < -0.4 is 0 Å². The van der Waals surface area contributed by atoms with E-state index in [2.05, 4.69) is 0 Å². The Morgan fingerprint density at radius 1 is 0.857 bits per heavy atom. The monoisotopic (exact) mass is 481 g/mol. The molecule has 0 saturated carbocycles. The maximum absolute atomic E-state index is 12.8. The molecule has 3 N–H and O–H groups in total. The van der Waals surface area contributed by atoms with E-state index in [0.717, 1.165) is 11.1 Å². The number of carbonyl (C=O) groups is 3. The molecule has 0 aromatic heterocycles. The van der Waals surface area contributed by atoms with Crippen molar-refractivity contribution in [1.82, 2.24) is 4.90 Å². The Morgan fingerprint density at radius 2 is 1.51 bits per heavy atom. The van der Waals surface area contributed by atoms with Gasteiger partial charge in [-0.25, -0.2) is 0 Å². The second-order valence-corrected chi connectivity index (χ2v) is 8.98. The summed E-state index contributed by atoms with van der Waals surface area (Å²) < 4.78 is 0. The molecule has 1 saturated heterocycles. The number of rotatable bonds is 0. The molecule has 1 amide bonds. The van der Waals surface area contributed by atoms with E-state index in [1.807, 2.05) is 13.8 Å². The molecule has 2 rings (SSSR count). The number of allylic oxidation sites excluding steroid dienone is 11. The lowest BCUT2D eigenvalue weighted by Crippen LogP contribution is -2.39. The van der Waals surface area contributed by atoms with Gasteiger partial charge in [0.1, 0.15) is 6.10 Å². The van der Waals surface area contributed by atoms with Gasteiger partial charge in [0.2, 0.25) is 5.91 Å². The van der Waals surface area contributed by atoms with Crippen LogP contribution in [0.4, 0.5) is 0 Å². The molecule has 0 aliphatic carbocycles. The van der Waals surface area contributed by atoms with Crippen molar-refractivity contribution >= 4 is 17.5 Å². The third-order valence-corrected chi connectivity index (χ3v) is 5.88. The van der Waals surface area contributed by atoms with E-state index in [1.54, 1.807) is 66.5 Å². The summed E-state index contributed by atoms with van der Waals surface area (Å²) in [7, 11) is 0. The number of nitrogens with zero attached hydrogens (tertiary/aromatic N) is 1. The minimum absolute atomic E-state index is 0.0764. The first-order chi connectivity index (χ1) is 16.6. The third kappa shape index (κ3) is 8.87. The predicted octanol–water partition coefficient (Wildman–Crippen LogP) is 2.52. The molecule has 2 aliphatic heterocycles. The molecule has 0 aromatic rings. The zero-order chi connectivity index (χ0) is 26.0. The second-order valence-electron chi connectivity index (χ2n) is 8.98. The lowest BCUT2D eigenvalue weighted by molar-refractivity contribution is -0.135. The number of hydrogen-bond acceptors (Lipinski definition) is 6. The molecule has 0 bridgehead atoms. The van der Waals surface area contributed by atoms with Gasteiger partial charge in [-0.2, -0.15) is 0 Å². The van der Waals surface area contributed by atoms with Gasteiger partial charge in [-0.1, -0.05) is 78.8 Å². The van der Waals surface area contributed by atoms with Crippen molar-refractivity contribution in [3.05, 3.63) is 84.1 Å². The fraction of sp³-hybridized carbons (Fsp3) is 0.393. The summed E-state index contributed by atoms with van der Waals surface area (Å²) in [6.07, 6.45) is 15.6. The molecule has 1 fully saturated rings. The van der Waals surface area contributed by atoms with Crippen LogP contribution in [-0.4, -0.2) is 68.6 Å². The van der Waals surface area contributed by atoms with Gasteiger partial charge in [-0.3, -0.25) is 14.4 Å². The Kier molecular flexibility index (Phi) is 11.0. The van der Waals surface area contributed by atoms with E-state index < -0.39 is 30.1 Å². The SMILES string of the molecule is CC1=CC=C[C@H]2[C@H](O)[C@H](C)CN2C(=O)CC(=O)C=CC(C)=CC=CC[C@H](O)[C@H](O)C(=O)C=CC=C1. The summed E-state index contributed by atoms with van der Waals surface area (Å²) in [6, 6.07) is -0.527. The van der Waals surface area contributed by atoms with Gasteiger partial charge in [0.05, 0.1) is 24.7 Å². The lowest BCUT2D eigenvalue weighted by Gasteiger charge is -2.23. The van der Waals surface area contributed by atoms with E-state index in [0.29, 0.717) is 6.54 Å². The Bertz CT molecular complexity index is 997. The summed E-state index contributed by atoms with van der Waals surface area (Å²) in [6.45, 7) is 5.86. The summed E-state index contributed by atoms with van der Waals surface area (Å²) in [5, 5.41) is 30.6. The third-order valence-electron chi connectivity index (χ3n) is 5.88. The van der Waals surface area contributed by atoms with Gasteiger partial charge < -0.3 is 20.2 Å². The van der Waals surface area contributed by atoms with Crippen LogP contribution in [0.25, 0.3) is 0 Å². The van der Waals surface area contributed by atoms with Crippen LogP contribution in [0.3, 0.4) is 0 Å². The molecule has 0 unspecified atom stereocenters. The first-order valence-corrected chi connectivity index (χ1v) is 11.7. The predicted molar refractivity (Wildman–Crippen MR) is 135 cm³/mol. The zero-order valence-corrected chi connectivity index (χ0v) is 20.4. The van der Waals surface area contributed by atoms with E-state index in [1.165, 1.54) is 18.2 Å². The van der Waals surface area contributed by atoms with Crippen LogP contribution in [0, 0.1) is 5.92 Å². The fourth-order valence-electron chi connectivity index (χ4n) is 3.73. The Balaban J connectivity index is 2.29. The molecule has 2 aliphatic rings. The highest BCUT2D eigenvalue weighted by Gasteiger charge is 2.39. The van der Waals surface area contributed by atoms with Gasteiger partial charge in [0, 0.05) is 12.5 Å². The minimum atomic E-state index is -1.53. The molecular weight excluding hydrogens is 446 g/mol. The summed E-state index contributed by atoms with van der Waals surface area (Å²) >= 11 is 0. The quantitative estimate of drug-likeness (QED) is 0.458. The first kappa shape index (κ1) is 28.1. The van der Waals surface area contributed by atoms with Crippen molar-refractivity contribution in [2.45, 2.75) is 58.0 Å². The molecule has 7 heteroatoms. The van der Waals surface area contributed by atoms with E-state index in [4.69, 9.17) is 0 Å².